The molecule has 1 aromatic carbocycles. The van der Waals surface area contributed by atoms with Gasteiger partial charge in [-0.1, -0.05) is 31.9 Å². The standard InChI is InChI=1S/C17H22F3N3O3/c1-3-4-8-13-15(24)22(2)10-11-23(13)16(25)21-12-7-5-6-9-14(12)26-17(18,19)20/h5-7,9,13H,3-4,8,10-11H2,1-2H3,(H,21,25)/t13-/m1/s1. The zero-order valence-corrected chi connectivity index (χ0v) is 14.7. The third kappa shape index (κ3) is 5.03. The summed E-state index contributed by atoms with van der Waals surface area (Å²) in [4.78, 5) is 27.9. The maximum Gasteiger partial charge on any atom is 0.573 e. The number of nitrogens with one attached hydrogen (secondary N) is 1. The van der Waals surface area contributed by atoms with E-state index in [9.17, 15) is 22.8 Å². The monoisotopic (exact) mass is 373 g/mol. The van der Waals surface area contributed by atoms with Crippen LogP contribution in [0, 0.1) is 0 Å². The number of carbonyl (C=O) groups is 2. The van der Waals surface area contributed by atoms with E-state index < -0.39 is 24.2 Å². The number of urea groups is 1. The lowest BCUT2D eigenvalue weighted by Gasteiger charge is -2.39. The lowest BCUT2D eigenvalue weighted by Crippen LogP contribution is -2.58. The summed E-state index contributed by atoms with van der Waals surface area (Å²) < 4.78 is 41.5. The van der Waals surface area contributed by atoms with Crippen molar-refractivity contribution in [3.63, 3.8) is 0 Å². The van der Waals surface area contributed by atoms with Gasteiger partial charge in [0, 0.05) is 20.1 Å². The molecule has 1 saturated heterocycles. The maximum atomic E-state index is 12.6. The molecule has 3 amide bonds. The quantitative estimate of drug-likeness (QED) is 0.860. The average Bonchev–Trinajstić information content (AvgIpc) is 2.56. The van der Waals surface area contributed by atoms with Gasteiger partial charge in [-0.25, -0.2) is 4.79 Å². The van der Waals surface area contributed by atoms with Crippen LogP contribution in [-0.2, 0) is 4.79 Å². The van der Waals surface area contributed by atoms with E-state index in [0.717, 1.165) is 18.9 Å². The number of carbonyl (C=O) groups excluding carboxylic acids is 2. The molecule has 0 unspecified atom stereocenters. The van der Waals surface area contributed by atoms with Gasteiger partial charge in [0.25, 0.3) is 0 Å². The highest BCUT2D eigenvalue weighted by Crippen LogP contribution is 2.30. The second kappa shape index (κ2) is 8.29. The van der Waals surface area contributed by atoms with E-state index in [1.165, 1.54) is 23.1 Å². The normalized spacial score (nSPS) is 18.0. The SMILES string of the molecule is CCCC[C@@H]1C(=O)N(C)CCN1C(=O)Nc1ccccc1OC(F)(F)F. The Morgan fingerprint density at radius 3 is 2.65 bits per heavy atom. The number of rotatable bonds is 5. The molecule has 1 fully saturated rings. The van der Waals surface area contributed by atoms with Crippen molar-refractivity contribution >= 4 is 17.6 Å². The van der Waals surface area contributed by atoms with Crippen LogP contribution in [0.1, 0.15) is 26.2 Å². The minimum Gasteiger partial charge on any atom is -0.404 e. The second-order valence-corrected chi connectivity index (χ2v) is 6.09. The zero-order valence-electron chi connectivity index (χ0n) is 14.7. The molecule has 6 nitrogen and oxygen atoms in total. The van der Waals surface area contributed by atoms with Crippen molar-refractivity contribution < 1.29 is 27.5 Å². The van der Waals surface area contributed by atoms with Crippen molar-refractivity contribution in [2.24, 2.45) is 0 Å². The van der Waals surface area contributed by atoms with E-state index in [4.69, 9.17) is 0 Å². The molecule has 0 bridgehead atoms. The fourth-order valence-corrected chi connectivity index (χ4v) is 2.80. The van der Waals surface area contributed by atoms with Gasteiger partial charge >= 0.3 is 12.4 Å². The minimum absolute atomic E-state index is 0.101. The van der Waals surface area contributed by atoms with Crippen LogP contribution in [0.5, 0.6) is 5.75 Å². The first kappa shape index (κ1) is 19.9. The Kier molecular flexibility index (Phi) is 6.33. The van der Waals surface area contributed by atoms with E-state index in [1.807, 2.05) is 6.92 Å². The molecule has 1 aromatic rings. The second-order valence-electron chi connectivity index (χ2n) is 6.09. The number of halogens is 3. The number of nitrogens with zero attached hydrogens (tertiary/aromatic N) is 2. The fourth-order valence-electron chi connectivity index (χ4n) is 2.80. The van der Waals surface area contributed by atoms with E-state index in [-0.39, 0.29) is 11.6 Å². The van der Waals surface area contributed by atoms with Crippen LogP contribution in [-0.4, -0.2) is 54.3 Å². The van der Waals surface area contributed by atoms with Gasteiger partial charge in [0.05, 0.1) is 5.69 Å². The summed E-state index contributed by atoms with van der Waals surface area (Å²) in [5.74, 6) is -0.668. The van der Waals surface area contributed by atoms with Crippen molar-refractivity contribution in [2.45, 2.75) is 38.6 Å². The summed E-state index contributed by atoms with van der Waals surface area (Å²) in [6.07, 6.45) is -2.73. The van der Waals surface area contributed by atoms with Gasteiger partial charge in [0.1, 0.15) is 6.04 Å². The summed E-state index contributed by atoms with van der Waals surface area (Å²) in [7, 11) is 1.67. The number of alkyl halides is 3. The molecule has 1 N–H and O–H groups in total. The molecule has 9 heteroatoms. The van der Waals surface area contributed by atoms with Crippen molar-refractivity contribution in [1.29, 1.82) is 0 Å². The van der Waals surface area contributed by atoms with Gasteiger partial charge in [0.15, 0.2) is 5.75 Å². The Morgan fingerprint density at radius 1 is 1.31 bits per heavy atom. The van der Waals surface area contributed by atoms with E-state index in [1.54, 1.807) is 11.9 Å². The molecule has 2 rings (SSSR count). The maximum absolute atomic E-state index is 12.6. The largest absolute Gasteiger partial charge is 0.573 e. The average molecular weight is 373 g/mol. The molecule has 0 aromatic heterocycles. The predicted molar refractivity (Wildman–Crippen MR) is 89.8 cm³/mol. The highest BCUT2D eigenvalue weighted by molar-refractivity contribution is 5.95. The van der Waals surface area contributed by atoms with Crippen LogP contribution >= 0.6 is 0 Å². The van der Waals surface area contributed by atoms with Crippen LogP contribution in [0.4, 0.5) is 23.7 Å². The Bertz CT molecular complexity index is 652. The molecule has 0 radical (unpaired) electrons. The number of benzene rings is 1. The number of unbranched alkanes of at least 4 members (excludes halogenated alkanes) is 1. The summed E-state index contributed by atoms with van der Waals surface area (Å²) in [5.41, 5.74) is -0.101. The van der Waals surface area contributed by atoms with Crippen LogP contribution in [0.3, 0.4) is 0 Å². The number of para-hydroxylation sites is 2. The van der Waals surface area contributed by atoms with Crippen LogP contribution in [0.25, 0.3) is 0 Å². The molecule has 26 heavy (non-hydrogen) atoms. The van der Waals surface area contributed by atoms with E-state index >= 15 is 0 Å². The Labute approximate surface area is 149 Å². The number of likely N-dealkylation sites (N-methyl/N-ethyl adjacent to an activating group) is 1. The Morgan fingerprint density at radius 2 is 2.00 bits per heavy atom. The molecular weight excluding hydrogens is 351 g/mol. The van der Waals surface area contributed by atoms with Crippen LogP contribution in [0.15, 0.2) is 24.3 Å². The lowest BCUT2D eigenvalue weighted by molar-refractivity contribution is -0.274. The molecule has 1 heterocycles. The van der Waals surface area contributed by atoms with Crippen molar-refractivity contribution in [3.05, 3.63) is 24.3 Å². The van der Waals surface area contributed by atoms with Crippen molar-refractivity contribution in [1.82, 2.24) is 9.80 Å². The Balaban J connectivity index is 2.16. The molecular formula is C17H22F3N3O3. The summed E-state index contributed by atoms with van der Waals surface area (Å²) in [6, 6.07) is 4.06. The first-order chi connectivity index (χ1) is 12.2. The minimum atomic E-state index is -4.87. The van der Waals surface area contributed by atoms with Gasteiger partial charge in [-0.15, -0.1) is 13.2 Å². The van der Waals surface area contributed by atoms with Crippen LogP contribution in [0.2, 0.25) is 0 Å². The van der Waals surface area contributed by atoms with Gasteiger partial charge in [0.2, 0.25) is 5.91 Å². The van der Waals surface area contributed by atoms with E-state index in [2.05, 4.69) is 10.1 Å². The van der Waals surface area contributed by atoms with Crippen molar-refractivity contribution in [2.75, 3.05) is 25.5 Å². The number of hydrogen-bond acceptors (Lipinski definition) is 3. The number of hydrogen-bond donors (Lipinski definition) is 1. The number of anilines is 1. The fraction of sp³-hybridized carbons (Fsp3) is 0.529. The summed E-state index contributed by atoms with van der Waals surface area (Å²) in [6.45, 7) is 2.66. The predicted octanol–water partition coefficient (Wildman–Crippen LogP) is 3.45. The van der Waals surface area contributed by atoms with Gasteiger partial charge in [-0.3, -0.25) is 4.79 Å². The van der Waals surface area contributed by atoms with Gasteiger partial charge in [-0.05, 0) is 18.6 Å². The molecule has 1 atom stereocenters. The lowest BCUT2D eigenvalue weighted by atomic mass is 10.0. The third-order valence-corrected chi connectivity index (χ3v) is 4.16. The van der Waals surface area contributed by atoms with Gasteiger partial charge in [-0.2, -0.15) is 0 Å². The van der Waals surface area contributed by atoms with E-state index in [0.29, 0.717) is 19.5 Å². The smallest absolute Gasteiger partial charge is 0.404 e. The molecule has 1 aliphatic rings. The highest BCUT2D eigenvalue weighted by atomic mass is 19.4. The molecule has 144 valence electrons. The van der Waals surface area contributed by atoms with Gasteiger partial charge < -0.3 is 19.9 Å². The number of ether oxygens (including phenoxy) is 1. The summed E-state index contributed by atoms with van der Waals surface area (Å²) in [5, 5.41) is 2.44. The first-order valence-corrected chi connectivity index (χ1v) is 8.40. The topological polar surface area (TPSA) is 61.9 Å². The third-order valence-electron chi connectivity index (χ3n) is 4.16. The number of amides is 3. The Hall–Kier alpha value is -2.45. The van der Waals surface area contributed by atoms with Crippen LogP contribution < -0.4 is 10.1 Å². The highest BCUT2D eigenvalue weighted by Gasteiger charge is 2.36. The number of piperazine rings is 1. The first-order valence-electron chi connectivity index (χ1n) is 8.40. The molecule has 0 aliphatic carbocycles. The zero-order chi connectivity index (χ0) is 19.3. The summed E-state index contributed by atoms with van der Waals surface area (Å²) >= 11 is 0. The van der Waals surface area contributed by atoms with Crippen molar-refractivity contribution in [3.8, 4) is 5.75 Å². The molecule has 0 saturated carbocycles. The molecule has 1 aliphatic heterocycles. The molecule has 0 spiro atoms.